The Bertz CT molecular complexity index is 162. The number of rotatable bonds is 5. The molecule has 0 bridgehead atoms. The van der Waals surface area contributed by atoms with Gasteiger partial charge in [0, 0.05) is 5.97 Å². The molecule has 0 amide bonds. The number of hydrogen-bond donors (Lipinski definition) is 0. The van der Waals surface area contributed by atoms with Gasteiger partial charge in [-0.05, 0) is 6.42 Å². The predicted octanol–water partition coefficient (Wildman–Crippen LogP) is -0.754. The first-order valence-corrected chi connectivity index (χ1v) is 3.13. The third-order valence-corrected chi connectivity index (χ3v) is 0.895. The Morgan fingerprint density at radius 2 is 2.09 bits per heavy atom. The highest BCUT2D eigenvalue weighted by atomic mass is 16.5. The molecule has 4 nitrogen and oxygen atoms in total. The van der Waals surface area contributed by atoms with E-state index in [4.69, 9.17) is 0 Å². The van der Waals surface area contributed by atoms with Crippen molar-refractivity contribution in [1.29, 1.82) is 0 Å². The maximum atomic E-state index is 10.5. The lowest BCUT2D eigenvalue weighted by molar-refractivity contribution is -0.305. The molecule has 4 heteroatoms. The summed E-state index contributed by atoms with van der Waals surface area (Å²) in [7, 11) is 0. The molecule has 0 saturated carbocycles. The molecule has 0 spiro atoms. The second-order valence-corrected chi connectivity index (χ2v) is 1.84. The highest BCUT2D eigenvalue weighted by Crippen LogP contribution is 1.90. The Morgan fingerprint density at radius 3 is 2.55 bits per heavy atom. The zero-order valence-corrected chi connectivity index (χ0v) is 6.04. The van der Waals surface area contributed by atoms with E-state index in [1.165, 1.54) is 6.08 Å². The zero-order valence-electron chi connectivity index (χ0n) is 6.04. The highest BCUT2D eigenvalue weighted by Gasteiger charge is 2.00. The van der Waals surface area contributed by atoms with Crippen LogP contribution >= 0.6 is 0 Å². The molecular weight excluding hydrogens is 148 g/mol. The summed E-state index contributed by atoms with van der Waals surface area (Å²) in [6, 6.07) is 0. The topological polar surface area (TPSA) is 66.4 Å². The van der Waals surface area contributed by atoms with Crippen LogP contribution in [0.5, 0.6) is 0 Å². The Balaban J connectivity index is 3.37. The van der Waals surface area contributed by atoms with E-state index >= 15 is 0 Å². The molecule has 0 rings (SSSR count). The number of aliphatic carboxylic acids is 1. The number of hydrogen-bond acceptors (Lipinski definition) is 4. The molecule has 0 saturated heterocycles. The van der Waals surface area contributed by atoms with Crippen LogP contribution in [-0.2, 0) is 14.3 Å². The molecular formula is C7H9O4-. The van der Waals surface area contributed by atoms with E-state index in [0.29, 0.717) is 0 Å². The van der Waals surface area contributed by atoms with Crippen molar-refractivity contribution in [3.05, 3.63) is 12.7 Å². The minimum atomic E-state index is -1.25. The van der Waals surface area contributed by atoms with Gasteiger partial charge in [0.2, 0.25) is 0 Å². The fourth-order valence-electron chi connectivity index (χ4n) is 0.428. The van der Waals surface area contributed by atoms with E-state index in [1.54, 1.807) is 0 Å². The van der Waals surface area contributed by atoms with Gasteiger partial charge in [-0.25, -0.2) is 0 Å². The second kappa shape index (κ2) is 5.46. The van der Waals surface area contributed by atoms with Crippen LogP contribution in [0.2, 0.25) is 0 Å². The molecule has 0 aliphatic carbocycles. The monoisotopic (exact) mass is 157 g/mol. The second-order valence-electron chi connectivity index (χ2n) is 1.84. The van der Waals surface area contributed by atoms with Crippen LogP contribution in [0.25, 0.3) is 0 Å². The molecule has 0 aromatic rings. The van der Waals surface area contributed by atoms with Crippen molar-refractivity contribution in [3.8, 4) is 0 Å². The molecule has 0 aromatic heterocycles. The lowest BCUT2D eigenvalue weighted by atomic mass is 10.3. The van der Waals surface area contributed by atoms with E-state index in [-0.39, 0.29) is 19.4 Å². The summed E-state index contributed by atoms with van der Waals surface area (Å²) in [5.41, 5.74) is 0. The van der Waals surface area contributed by atoms with Crippen molar-refractivity contribution in [2.45, 2.75) is 12.8 Å². The molecule has 11 heavy (non-hydrogen) atoms. The standard InChI is InChI=1S/C7H10O4/c1-2-5-11-7(10)4-3-6(8)9/h2H,1,3-5H2,(H,8,9)/p-1. The molecule has 0 heterocycles. The van der Waals surface area contributed by atoms with Gasteiger partial charge in [0.1, 0.15) is 6.61 Å². The third-order valence-electron chi connectivity index (χ3n) is 0.895. The van der Waals surface area contributed by atoms with Crippen LogP contribution in [0.1, 0.15) is 12.8 Å². The van der Waals surface area contributed by atoms with Gasteiger partial charge in [-0.3, -0.25) is 4.79 Å². The van der Waals surface area contributed by atoms with Crippen LogP contribution in [-0.4, -0.2) is 18.5 Å². The minimum Gasteiger partial charge on any atom is -0.550 e. The number of esters is 1. The van der Waals surface area contributed by atoms with Gasteiger partial charge in [0.05, 0.1) is 6.42 Å². The summed E-state index contributed by atoms with van der Waals surface area (Å²) in [6.45, 7) is 3.44. The fraction of sp³-hybridized carbons (Fsp3) is 0.429. The lowest BCUT2D eigenvalue weighted by Gasteiger charge is -2.01. The predicted molar refractivity (Wildman–Crippen MR) is 35.4 cm³/mol. The van der Waals surface area contributed by atoms with Gasteiger partial charge >= 0.3 is 5.97 Å². The van der Waals surface area contributed by atoms with Crippen molar-refractivity contribution in [2.24, 2.45) is 0 Å². The summed E-state index contributed by atoms with van der Waals surface area (Å²) in [4.78, 5) is 20.4. The quantitative estimate of drug-likeness (QED) is 0.389. The average molecular weight is 157 g/mol. The van der Waals surface area contributed by atoms with E-state index in [1.807, 2.05) is 0 Å². The van der Waals surface area contributed by atoms with Gasteiger partial charge in [-0.15, -0.1) is 0 Å². The molecule has 62 valence electrons. The SMILES string of the molecule is C=CCOC(=O)CCC(=O)[O-]. The third kappa shape index (κ3) is 6.57. The van der Waals surface area contributed by atoms with Crippen molar-refractivity contribution in [1.82, 2.24) is 0 Å². The normalized spacial score (nSPS) is 8.73. The molecule has 0 aliphatic heterocycles. The molecule has 0 unspecified atom stereocenters. The Kier molecular flexibility index (Phi) is 4.81. The number of carboxylic acids is 1. The van der Waals surface area contributed by atoms with Crippen LogP contribution in [0, 0.1) is 0 Å². The Hall–Kier alpha value is -1.32. The molecule has 0 fully saturated rings. The number of carboxylic acid groups (broad SMARTS) is 1. The molecule has 0 radical (unpaired) electrons. The minimum absolute atomic E-state index is 0.117. The van der Waals surface area contributed by atoms with Gasteiger partial charge in [-0.2, -0.15) is 0 Å². The van der Waals surface area contributed by atoms with Gasteiger partial charge in [0.25, 0.3) is 0 Å². The maximum absolute atomic E-state index is 10.5. The zero-order chi connectivity index (χ0) is 8.69. The lowest BCUT2D eigenvalue weighted by Crippen LogP contribution is -2.23. The van der Waals surface area contributed by atoms with Crippen molar-refractivity contribution >= 4 is 11.9 Å². The summed E-state index contributed by atoms with van der Waals surface area (Å²) in [5.74, 6) is -1.80. The largest absolute Gasteiger partial charge is 0.550 e. The van der Waals surface area contributed by atoms with Crippen LogP contribution in [0.3, 0.4) is 0 Å². The first-order chi connectivity index (χ1) is 5.16. The Morgan fingerprint density at radius 1 is 1.45 bits per heavy atom. The number of carbonyl (C=O) groups excluding carboxylic acids is 2. The smallest absolute Gasteiger partial charge is 0.306 e. The summed E-state index contributed by atoms with van der Waals surface area (Å²) in [5, 5.41) is 9.84. The fourth-order valence-corrected chi connectivity index (χ4v) is 0.428. The summed E-state index contributed by atoms with van der Waals surface area (Å²) >= 11 is 0. The van der Waals surface area contributed by atoms with E-state index in [9.17, 15) is 14.7 Å². The average Bonchev–Trinajstić information content (AvgIpc) is 1.97. The summed E-state index contributed by atoms with van der Waals surface area (Å²) in [6.07, 6.45) is 0.975. The van der Waals surface area contributed by atoms with E-state index in [0.717, 1.165) is 0 Å². The Labute approximate surface area is 64.5 Å². The van der Waals surface area contributed by atoms with Crippen LogP contribution in [0.4, 0.5) is 0 Å². The first-order valence-electron chi connectivity index (χ1n) is 3.13. The van der Waals surface area contributed by atoms with Crippen LogP contribution in [0.15, 0.2) is 12.7 Å². The van der Waals surface area contributed by atoms with Crippen molar-refractivity contribution in [2.75, 3.05) is 6.61 Å². The number of carbonyl (C=O) groups is 2. The van der Waals surface area contributed by atoms with Crippen molar-refractivity contribution in [3.63, 3.8) is 0 Å². The molecule has 0 aliphatic rings. The van der Waals surface area contributed by atoms with E-state index in [2.05, 4.69) is 11.3 Å². The molecule has 0 atom stereocenters. The van der Waals surface area contributed by atoms with Crippen LogP contribution < -0.4 is 5.11 Å². The van der Waals surface area contributed by atoms with Gasteiger partial charge in [0.15, 0.2) is 0 Å². The van der Waals surface area contributed by atoms with Crippen molar-refractivity contribution < 1.29 is 19.4 Å². The van der Waals surface area contributed by atoms with Gasteiger partial charge in [-0.1, -0.05) is 12.7 Å². The van der Waals surface area contributed by atoms with E-state index < -0.39 is 11.9 Å². The highest BCUT2D eigenvalue weighted by molar-refractivity contribution is 5.75. The maximum Gasteiger partial charge on any atom is 0.306 e. The van der Waals surface area contributed by atoms with Gasteiger partial charge < -0.3 is 14.6 Å². The summed E-state index contributed by atoms with van der Waals surface area (Å²) < 4.78 is 4.49. The molecule has 0 N–H and O–H groups in total. The first kappa shape index (κ1) is 9.68. The molecule has 0 aromatic carbocycles. The number of ether oxygens (including phenoxy) is 1.